The van der Waals surface area contributed by atoms with E-state index in [1.165, 1.54) is 19.3 Å². The Labute approximate surface area is 184 Å². The summed E-state index contributed by atoms with van der Waals surface area (Å²) in [7, 11) is 0. The van der Waals surface area contributed by atoms with Gasteiger partial charge in [0.05, 0.1) is 11.9 Å². The molecule has 31 heavy (non-hydrogen) atoms. The summed E-state index contributed by atoms with van der Waals surface area (Å²) in [5.41, 5.74) is 1.17. The molecule has 1 saturated carbocycles. The Hall–Kier alpha value is -2.21. The second kappa shape index (κ2) is 8.38. The maximum atomic E-state index is 12.9. The number of cyclic esters (lactones) is 1. The van der Waals surface area contributed by atoms with E-state index in [4.69, 9.17) is 9.47 Å². The fraction of sp³-hybridized carbons (Fsp3) is 0.640. The summed E-state index contributed by atoms with van der Waals surface area (Å²) < 4.78 is 10.9. The Kier molecular flexibility index (Phi) is 6.34. The van der Waals surface area contributed by atoms with Crippen molar-refractivity contribution in [1.29, 1.82) is 0 Å². The lowest BCUT2D eigenvalue weighted by Crippen LogP contribution is -2.49. The Bertz CT molecular complexity index is 867. The highest BCUT2D eigenvalue weighted by Crippen LogP contribution is 2.60. The molecule has 3 aliphatic rings. The average molecular weight is 431 g/mol. The SMILES string of the molecule is CC(=O)C[C@@H]1OC(=O)C2=C1[C@H](/C=C/OC(=O)C=C(C)C)[C@@]1(C)CC[C@@H](C(C)(C)O)[C@@H]2C1. The molecule has 5 atom stereocenters. The molecule has 2 bridgehead atoms. The van der Waals surface area contributed by atoms with E-state index in [1.54, 1.807) is 13.8 Å². The number of carbonyl (C=O) groups excluding carboxylic acids is 3. The van der Waals surface area contributed by atoms with E-state index >= 15 is 0 Å². The summed E-state index contributed by atoms with van der Waals surface area (Å²) in [5.74, 6) is -1.25. The molecule has 0 saturated heterocycles. The van der Waals surface area contributed by atoms with Crippen LogP contribution in [0.25, 0.3) is 0 Å². The number of esters is 2. The van der Waals surface area contributed by atoms with Crippen molar-refractivity contribution in [2.75, 3.05) is 0 Å². The minimum absolute atomic E-state index is 0.0517. The molecule has 0 spiro atoms. The first-order valence-electron chi connectivity index (χ1n) is 11.0. The largest absolute Gasteiger partial charge is 0.454 e. The Morgan fingerprint density at radius 1 is 1.29 bits per heavy atom. The van der Waals surface area contributed by atoms with Crippen molar-refractivity contribution in [2.24, 2.45) is 23.2 Å². The van der Waals surface area contributed by atoms with Gasteiger partial charge in [0, 0.05) is 24.0 Å². The van der Waals surface area contributed by atoms with Crippen molar-refractivity contribution in [3.8, 4) is 0 Å². The third-order valence-corrected chi connectivity index (χ3v) is 7.02. The van der Waals surface area contributed by atoms with Gasteiger partial charge in [0.2, 0.25) is 0 Å². The molecule has 1 N–H and O–H groups in total. The van der Waals surface area contributed by atoms with E-state index in [1.807, 2.05) is 19.9 Å². The van der Waals surface area contributed by atoms with Gasteiger partial charge in [-0.3, -0.25) is 4.79 Å². The first kappa shape index (κ1) is 23.5. The van der Waals surface area contributed by atoms with Crippen LogP contribution in [0.1, 0.15) is 67.2 Å². The predicted molar refractivity (Wildman–Crippen MR) is 116 cm³/mol. The molecule has 0 aromatic heterocycles. The van der Waals surface area contributed by atoms with Crippen LogP contribution in [0.15, 0.2) is 35.1 Å². The molecule has 1 aliphatic heterocycles. The minimum atomic E-state index is -0.925. The van der Waals surface area contributed by atoms with E-state index < -0.39 is 17.7 Å². The number of hydrogen-bond donors (Lipinski definition) is 1. The maximum Gasteiger partial charge on any atom is 0.335 e. The van der Waals surface area contributed by atoms with Gasteiger partial charge in [-0.15, -0.1) is 0 Å². The number of aliphatic hydroxyl groups is 1. The highest BCUT2D eigenvalue weighted by atomic mass is 16.5. The number of rotatable bonds is 6. The van der Waals surface area contributed by atoms with Crippen LogP contribution < -0.4 is 0 Å². The van der Waals surface area contributed by atoms with Crippen LogP contribution in [0, 0.1) is 23.2 Å². The molecule has 0 aromatic carbocycles. The summed E-state index contributed by atoms with van der Waals surface area (Å²) in [4.78, 5) is 36.8. The molecule has 0 amide bonds. The first-order chi connectivity index (χ1) is 14.3. The van der Waals surface area contributed by atoms with Crippen LogP contribution in [-0.2, 0) is 23.9 Å². The van der Waals surface area contributed by atoms with Gasteiger partial charge in [-0.2, -0.15) is 0 Å². The molecule has 6 heteroatoms. The molecule has 1 heterocycles. The topological polar surface area (TPSA) is 89.9 Å². The van der Waals surface area contributed by atoms with Crippen molar-refractivity contribution in [3.63, 3.8) is 0 Å². The summed E-state index contributed by atoms with van der Waals surface area (Å²) in [6.07, 6.45) is 6.55. The molecule has 2 aliphatic carbocycles. The zero-order valence-electron chi connectivity index (χ0n) is 19.4. The van der Waals surface area contributed by atoms with Crippen molar-refractivity contribution < 1.29 is 29.0 Å². The zero-order chi connectivity index (χ0) is 23.1. The van der Waals surface area contributed by atoms with Crippen molar-refractivity contribution in [3.05, 3.63) is 35.1 Å². The molecule has 0 radical (unpaired) electrons. The molecule has 0 unspecified atom stereocenters. The predicted octanol–water partition coefficient (Wildman–Crippen LogP) is 4.03. The molecule has 6 nitrogen and oxygen atoms in total. The van der Waals surface area contributed by atoms with E-state index in [2.05, 4.69) is 6.92 Å². The van der Waals surface area contributed by atoms with Crippen LogP contribution in [0.3, 0.4) is 0 Å². The van der Waals surface area contributed by atoms with E-state index in [-0.39, 0.29) is 41.3 Å². The Morgan fingerprint density at radius 3 is 2.55 bits per heavy atom. The van der Waals surface area contributed by atoms with Gasteiger partial charge >= 0.3 is 11.9 Å². The second-order valence-corrected chi connectivity index (χ2v) is 10.4. The number of carbonyl (C=O) groups is 3. The Balaban J connectivity index is 2.04. The highest BCUT2D eigenvalue weighted by molar-refractivity contribution is 5.94. The third-order valence-electron chi connectivity index (χ3n) is 7.02. The van der Waals surface area contributed by atoms with Crippen molar-refractivity contribution >= 4 is 17.7 Å². The van der Waals surface area contributed by atoms with Gasteiger partial charge in [-0.25, -0.2) is 9.59 Å². The van der Waals surface area contributed by atoms with Crippen LogP contribution in [0.4, 0.5) is 0 Å². The number of ether oxygens (including phenoxy) is 2. The Morgan fingerprint density at radius 2 is 1.97 bits per heavy atom. The van der Waals surface area contributed by atoms with E-state index in [0.29, 0.717) is 5.57 Å². The van der Waals surface area contributed by atoms with Gasteiger partial charge in [-0.05, 0) is 82.8 Å². The lowest BCUT2D eigenvalue weighted by Gasteiger charge is -2.53. The number of allylic oxidation sites excluding steroid dienone is 2. The van der Waals surface area contributed by atoms with Crippen LogP contribution >= 0.6 is 0 Å². The zero-order valence-corrected chi connectivity index (χ0v) is 19.4. The second-order valence-electron chi connectivity index (χ2n) is 10.4. The van der Waals surface area contributed by atoms with E-state index in [9.17, 15) is 19.5 Å². The normalized spacial score (nSPS) is 32.5. The average Bonchev–Trinajstić information content (AvgIpc) is 2.91. The fourth-order valence-corrected chi connectivity index (χ4v) is 5.72. The number of ketones is 1. The smallest absolute Gasteiger partial charge is 0.335 e. The number of fused-ring (bicyclic) bond motifs is 3. The first-order valence-corrected chi connectivity index (χ1v) is 11.0. The van der Waals surface area contributed by atoms with Gasteiger partial charge in [0.25, 0.3) is 0 Å². The van der Waals surface area contributed by atoms with Crippen LogP contribution in [0.2, 0.25) is 0 Å². The molecule has 0 aromatic rings. The van der Waals surface area contributed by atoms with Gasteiger partial charge in [0.1, 0.15) is 11.9 Å². The van der Waals surface area contributed by atoms with Gasteiger partial charge in [0.15, 0.2) is 0 Å². The summed E-state index contributed by atoms with van der Waals surface area (Å²) in [6.45, 7) is 10.9. The standard InChI is InChI=1S/C25H34O6/c1-14(2)11-20(27)30-10-8-18-22-19(12-15(3)26)31-23(28)21(22)16-13-25(18,6)9-7-17(16)24(4,5)29/h8,10-11,16-19,29H,7,9,12-13H2,1-6H3/b10-8+/t16-,17+,18-,19-,25-/m0/s1. The summed E-state index contributed by atoms with van der Waals surface area (Å²) in [5, 5.41) is 10.8. The van der Waals surface area contributed by atoms with Crippen LogP contribution in [-0.4, -0.2) is 34.5 Å². The number of hydrogen-bond acceptors (Lipinski definition) is 6. The molecule has 1 fully saturated rings. The van der Waals surface area contributed by atoms with Crippen LogP contribution in [0.5, 0.6) is 0 Å². The molecule has 3 rings (SSSR count). The fourth-order valence-electron chi connectivity index (χ4n) is 5.72. The maximum absolute atomic E-state index is 12.9. The minimum Gasteiger partial charge on any atom is -0.454 e. The van der Waals surface area contributed by atoms with Gasteiger partial charge in [-0.1, -0.05) is 12.5 Å². The monoisotopic (exact) mass is 430 g/mol. The van der Waals surface area contributed by atoms with Gasteiger partial charge < -0.3 is 14.6 Å². The van der Waals surface area contributed by atoms with Crippen molar-refractivity contribution in [2.45, 2.75) is 78.9 Å². The lowest BCUT2D eigenvalue weighted by molar-refractivity contribution is -0.141. The number of Topliss-reactive ketones (excluding diaryl/α,β-unsaturated/α-hetero) is 1. The summed E-state index contributed by atoms with van der Waals surface area (Å²) >= 11 is 0. The third kappa shape index (κ3) is 4.69. The van der Waals surface area contributed by atoms with E-state index in [0.717, 1.165) is 30.4 Å². The molecule has 170 valence electrons. The lowest BCUT2D eigenvalue weighted by atomic mass is 9.51. The quantitative estimate of drug-likeness (QED) is 0.389. The summed E-state index contributed by atoms with van der Waals surface area (Å²) in [6, 6.07) is 0. The highest BCUT2D eigenvalue weighted by Gasteiger charge is 2.57. The molecular formula is C25H34O6. The molecular weight excluding hydrogens is 396 g/mol. The van der Waals surface area contributed by atoms with Crippen molar-refractivity contribution in [1.82, 2.24) is 0 Å².